The Balaban J connectivity index is 2.99. The lowest BCUT2D eigenvalue weighted by atomic mass is 10.3. The molecule has 8 heteroatoms. The van der Waals surface area contributed by atoms with E-state index in [0.29, 0.717) is 5.56 Å². The van der Waals surface area contributed by atoms with Crippen LogP contribution in [0.5, 0.6) is 0 Å². The van der Waals surface area contributed by atoms with E-state index in [1.165, 1.54) is 25.5 Å². The molecular formula is C13H17N3O4S. The first kappa shape index (κ1) is 17.1. The number of carbonyl (C=O) groups excluding carboxylic acids is 1. The Morgan fingerprint density at radius 3 is 2.81 bits per heavy atom. The number of nitrogens with two attached hydrogens (primary N) is 1. The Morgan fingerprint density at radius 2 is 2.19 bits per heavy atom. The van der Waals surface area contributed by atoms with Crippen LogP contribution < -0.4 is 5.73 Å². The van der Waals surface area contributed by atoms with Gasteiger partial charge in [0.15, 0.2) is 0 Å². The zero-order valence-corrected chi connectivity index (χ0v) is 12.7. The van der Waals surface area contributed by atoms with Gasteiger partial charge in [0.1, 0.15) is 11.4 Å². The predicted molar refractivity (Wildman–Crippen MR) is 76.6 cm³/mol. The number of hydrogen-bond acceptors (Lipinski definition) is 6. The lowest BCUT2D eigenvalue weighted by Gasteiger charge is -2.16. The van der Waals surface area contributed by atoms with Crippen LogP contribution in [-0.4, -0.2) is 50.4 Å². The van der Waals surface area contributed by atoms with E-state index in [2.05, 4.69) is 16.8 Å². The molecule has 1 heterocycles. The highest BCUT2D eigenvalue weighted by atomic mass is 32.2. The summed E-state index contributed by atoms with van der Waals surface area (Å²) >= 11 is 0. The number of pyridine rings is 1. The zero-order chi connectivity index (χ0) is 15.9. The zero-order valence-electron chi connectivity index (χ0n) is 11.9. The van der Waals surface area contributed by atoms with E-state index in [1.54, 1.807) is 6.92 Å². The van der Waals surface area contributed by atoms with Gasteiger partial charge in [-0.25, -0.2) is 8.42 Å². The van der Waals surface area contributed by atoms with E-state index in [9.17, 15) is 13.2 Å². The van der Waals surface area contributed by atoms with Crippen molar-refractivity contribution in [3.63, 3.8) is 0 Å². The maximum Gasteiger partial charge on any atom is 0.321 e. The van der Waals surface area contributed by atoms with Crippen molar-refractivity contribution >= 4 is 16.0 Å². The van der Waals surface area contributed by atoms with Crippen LogP contribution in [0, 0.1) is 11.8 Å². The predicted octanol–water partition coefficient (Wildman–Crippen LogP) is -0.425. The van der Waals surface area contributed by atoms with E-state index in [4.69, 9.17) is 10.5 Å². The van der Waals surface area contributed by atoms with Gasteiger partial charge in [-0.15, -0.1) is 0 Å². The number of hydrogen-bond donors (Lipinski definition) is 1. The summed E-state index contributed by atoms with van der Waals surface area (Å²) in [5, 5.41) is 0. The third kappa shape index (κ3) is 4.82. The van der Waals surface area contributed by atoms with Gasteiger partial charge in [-0.2, -0.15) is 4.31 Å². The van der Waals surface area contributed by atoms with Gasteiger partial charge in [-0.05, 0) is 13.0 Å². The number of carbonyl (C=O) groups is 1. The van der Waals surface area contributed by atoms with Gasteiger partial charge in [0.25, 0.3) is 0 Å². The second-order valence-electron chi connectivity index (χ2n) is 3.98. The van der Waals surface area contributed by atoms with Crippen LogP contribution in [0.15, 0.2) is 23.4 Å². The molecule has 0 bridgehead atoms. The molecule has 7 nitrogen and oxygen atoms in total. The highest BCUT2D eigenvalue weighted by Crippen LogP contribution is 2.14. The molecule has 0 radical (unpaired) electrons. The van der Waals surface area contributed by atoms with Crippen LogP contribution in [0.3, 0.4) is 0 Å². The molecule has 0 amide bonds. The van der Waals surface area contributed by atoms with Crippen molar-refractivity contribution < 1.29 is 17.9 Å². The quantitative estimate of drug-likeness (QED) is 0.585. The highest BCUT2D eigenvalue weighted by Gasteiger charge is 2.24. The van der Waals surface area contributed by atoms with E-state index in [1.807, 2.05) is 0 Å². The van der Waals surface area contributed by atoms with E-state index >= 15 is 0 Å². The summed E-state index contributed by atoms with van der Waals surface area (Å²) in [5.41, 5.74) is 5.70. The standard InChI is InChI=1S/C13H17N3O4S/c1-3-20-13(17)10-16(2)21(18,19)12-7-11(5-4-6-14)8-15-9-12/h7-9H,3,6,10,14H2,1-2H3. The summed E-state index contributed by atoms with van der Waals surface area (Å²) in [6.45, 7) is 1.64. The van der Waals surface area contributed by atoms with Gasteiger partial charge >= 0.3 is 5.97 Å². The molecule has 21 heavy (non-hydrogen) atoms. The third-order valence-electron chi connectivity index (χ3n) is 2.41. The summed E-state index contributed by atoms with van der Waals surface area (Å²) in [6, 6.07) is 1.38. The number of sulfonamides is 1. The molecule has 1 rings (SSSR count). The summed E-state index contributed by atoms with van der Waals surface area (Å²) < 4.78 is 30.2. The first-order valence-electron chi connectivity index (χ1n) is 6.17. The second-order valence-corrected chi connectivity index (χ2v) is 6.03. The summed E-state index contributed by atoms with van der Waals surface area (Å²) in [5.74, 6) is 4.71. The fourth-order valence-electron chi connectivity index (χ4n) is 1.43. The first-order chi connectivity index (χ1) is 9.91. The van der Waals surface area contributed by atoms with Crippen LogP contribution in [0.1, 0.15) is 12.5 Å². The number of esters is 1. The summed E-state index contributed by atoms with van der Waals surface area (Å²) in [4.78, 5) is 15.2. The number of aromatic nitrogens is 1. The van der Waals surface area contributed by atoms with Crippen molar-refractivity contribution in [2.75, 3.05) is 26.7 Å². The van der Waals surface area contributed by atoms with Crippen molar-refractivity contribution in [2.24, 2.45) is 5.73 Å². The molecule has 0 saturated heterocycles. The number of ether oxygens (including phenoxy) is 1. The van der Waals surface area contributed by atoms with Gasteiger partial charge in [-0.3, -0.25) is 9.78 Å². The largest absolute Gasteiger partial charge is 0.465 e. The average molecular weight is 311 g/mol. The number of likely N-dealkylation sites (N-methyl/N-ethyl adjacent to an activating group) is 1. The second kappa shape index (κ2) is 7.73. The molecule has 0 spiro atoms. The summed E-state index contributed by atoms with van der Waals surface area (Å²) in [6.07, 6.45) is 2.64. The Hall–Kier alpha value is -1.95. The molecule has 114 valence electrons. The minimum absolute atomic E-state index is 0.0434. The molecule has 1 aromatic rings. The average Bonchev–Trinajstić information content (AvgIpc) is 2.45. The third-order valence-corrected chi connectivity index (χ3v) is 4.18. The topological polar surface area (TPSA) is 103 Å². The molecule has 0 unspecified atom stereocenters. The minimum atomic E-state index is -3.83. The summed E-state index contributed by atoms with van der Waals surface area (Å²) in [7, 11) is -2.53. The van der Waals surface area contributed by atoms with Crippen molar-refractivity contribution in [3.05, 3.63) is 24.0 Å². The Kier molecular flexibility index (Phi) is 6.30. The fourth-order valence-corrected chi connectivity index (χ4v) is 2.54. The van der Waals surface area contributed by atoms with Gasteiger partial charge in [-0.1, -0.05) is 11.8 Å². The van der Waals surface area contributed by atoms with Gasteiger partial charge in [0.05, 0.1) is 13.2 Å². The fraction of sp³-hybridized carbons (Fsp3) is 0.385. The molecule has 2 N–H and O–H groups in total. The van der Waals surface area contributed by atoms with E-state index in [0.717, 1.165) is 4.31 Å². The number of rotatable bonds is 5. The maximum atomic E-state index is 12.3. The van der Waals surface area contributed by atoms with Crippen molar-refractivity contribution in [2.45, 2.75) is 11.8 Å². The molecule has 0 aliphatic heterocycles. The molecule has 0 aliphatic carbocycles. The smallest absolute Gasteiger partial charge is 0.321 e. The normalized spacial score (nSPS) is 10.9. The highest BCUT2D eigenvalue weighted by molar-refractivity contribution is 7.89. The monoisotopic (exact) mass is 311 g/mol. The van der Waals surface area contributed by atoms with Crippen LogP contribution in [0.4, 0.5) is 0 Å². The van der Waals surface area contributed by atoms with Crippen molar-refractivity contribution in [1.29, 1.82) is 0 Å². The van der Waals surface area contributed by atoms with Crippen molar-refractivity contribution in [1.82, 2.24) is 9.29 Å². The first-order valence-corrected chi connectivity index (χ1v) is 7.61. The molecule has 0 saturated carbocycles. The molecule has 1 aromatic heterocycles. The number of nitrogens with zero attached hydrogens (tertiary/aromatic N) is 2. The maximum absolute atomic E-state index is 12.3. The Labute approximate surface area is 124 Å². The molecule has 0 atom stereocenters. The Morgan fingerprint density at radius 1 is 1.48 bits per heavy atom. The van der Waals surface area contributed by atoms with Crippen LogP contribution in [0.2, 0.25) is 0 Å². The molecule has 0 aromatic carbocycles. The lowest BCUT2D eigenvalue weighted by Crippen LogP contribution is -2.33. The molecule has 0 fully saturated rings. The molecule has 0 aliphatic rings. The van der Waals surface area contributed by atoms with Crippen LogP contribution in [0.25, 0.3) is 0 Å². The van der Waals surface area contributed by atoms with E-state index < -0.39 is 16.0 Å². The van der Waals surface area contributed by atoms with Gasteiger partial charge in [0.2, 0.25) is 10.0 Å². The van der Waals surface area contributed by atoms with Crippen molar-refractivity contribution in [3.8, 4) is 11.8 Å². The lowest BCUT2D eigenvalue weighted by molar-refractivity contribution is -0.143. The Bertz CT molecular complexity index is 661. The van der Waals surface area contributed by atoms with Crippen LogP contribution in [-0.2, 0) is 19.6 Å². The van der Waals surface area contributed by atoms with E-state index in [-0.39, 0.29) is 24.6 Å². The van der Waals surface area contributed by atoms with Gasteiger partial charge in [0, 0.05) is 25.0 Å². The van der Waals surface area contributed by atoms with Crippen LogP contribution >= 0.6 is 0 Å². The SMILES string of the molecule is CCOC(=O)CN(C)S(=O)(=O)c1cncc(C#CCN)c1. The molecular weight excluding hydrogens is 294 g/mol. The minimum Gasteiger partial charge on any atom is -0.465 e. The van der Waals surface area contributed by atoms with Gasteiger partial charge < -0.3 is 10.5 Å².